The minimum atomic E-state index is 0.107. The lowest BCUT2D eigenvalue weighted by molar-refractivity contribution is -0.135. The summed E-state index contributed by atoms with van der Waals surface area (Å²) in [6.07, 6.45) is 1.82. The van der Waals surface area contributed by atoms with Gasteiger partial charge >= 0.3 is 0 Å². The summed E-state index contributed by atoms with van der Waals surface area (Å²) in [4.78, 5) is 15.2. The summed E-state index contributed by atoms with van der Waals surface area (Å²) < 4.78 is 1.09. The number of carbonyl (C=O) groups is 1. The molecule has 2 fully saturated rings. The van der Waals surface area contributed by atoms with Crippen LogP contribution in [0.3, 0.4) is 0 Å². The normalized spacial score (nSPS) is 25.0. The molecule has 2 heterocycles. The highest BCUT2D eigenvalue weighted by molar-refractivity contribution is 9.10. The van der Waals surface area contributed by atoms with Crippen LogP contribution in [0.25, 0.3) is 0 Å². The average Bonchev–Trinajstić information content (AvgIpc) is 3.06. The molecule has 2 saturated heterocycles. The highest BCUT2D eigenvalue weighted by Crippen LogP contribution is 2.29. The molecule has 0 bridgehead atoms. The molecule has 2 aliphatic heterocycles. The number of likely N-dealkylation sites (tertiary alicyclic amines) is 1. The van der Waals surface area contributed by atoms with Crippen LogP contribution in [-0.4, -0.2) is 37.0 Å². The van der Waals surface area contributed by atoms with Gasteiger partial charge in [-0.05, 0) is 48.3 Å². The van der Waals surface area contributed by atoms with Crippen molar-refractivity contribution in [1.29, 1.82) is 0 Å². The molecule has 3 nitrogen and oxygen atoms in total. The van der Waals surface area contributed by atoms with E-state index in [0.717, 1.165) is 43.5 Å². The molecule has 0 aliphatic carbocycles. The number of hydrogen-bond donors (Lipinski definition) is 1. The third kappa shape index (κ3) is 4.16. The monoisotopic (exact) mass is 378 g/mol. The summed E-state index contributed by atoms with van der Waals surface area (Å²) in [5.41, 5.74) is 1.25. The van der Waals surface area contributed by atoms with Gasteiger partial charge in [0, 0.05) is 36.6 Å². The van der Waals surface area contributed by atoms with Crippen LogP contribution in [0.4, 0.5) is 0 Å². The first kappa shape index (κ1) is 17.0. The predicted molar refractivity (Wildman–Crippen MR) is 97.2 cm³/mol. The molecule has 1 unspecified atom stereocenters. The van der Waals surface area contributed by atoms with Gasteiger partial charge in [-0.1, -0.05) is 41.9 Å². The van der Waals surface area contributed by atoms with E-state index in [1.807, 2.05) is 6.07 Å². The van der Waals surface area contributed by atoms with E-state index in [4.69, 9.17) is 0 Å². The summed E-state index contributed by atoms with van der Waals surface area (Å²) >= 11 is 3.54. The van der Waals surface area contributed by atoms with Gasteiger partial charge in [-0.25, -0.2) is 0 Å². The van der Waals surface area contributed by atoms with Gasteiger partial charge in [-0.3, -0.25) is 4.79 Å². The fourth-order valence-electron chi connectivity index (χ4n) is 4.08. The Morgan fingerprint density at radius 1 is 1.30 bits per heavy atom. The standard InChI is InChI=1S/C19H27BrN2O/c1-13(2)6-15(7-14-4-3-5-18(20)8-14)19(23)22-11-16-9-21-10-17(16)12-22/h3-5,8,13,15-17,21H,6-7,9-12H2,1-2H3/t15?,16-,17+. The van der Waals surface area contributed by atoms with Crippen LogP contribution >= 0.6 is 15.9 Å². The molecule has 2 aliphatic rings. The van der Waals surface area contributed by atoms with Gasteiger partial charge in [0.2, 0.25) is 5.91 Å². The Morgan fingerprint density at radius 2 is 2.00 bits per heavy atom. The van der Waals surface area contributed by atoms with Gasteiger partial charge in [0.1, 0.15) is 0 Å². The van der Waals surface area contributed by atoms with E-state index in [2.05, 4.69) is 58.2 Å². The molecule has 0 aromatic heterocycles. The topological polar surface area (TPSA) is 32.3 Å². The first-order chi connectivity index (χ1) is 11.0. The van der Waals surface area contributed by atoms with Crippen molar-refractivity contribution >= 4 is 21.8 Å². The van der Waals surface area contributed by atoms with Gasteiger partial charge in [0.15, 0.2) is 0 Å². The lowest BCUT2D eigenvalue weighted by atomic mass is 9.90. The highest BCUT2D eigenvalue weighted by atomic mass is 79.9. The van der Waals surface area contributed by atoms with Crippen molar-refractivity contribution < 1.29 is 4.79 Å². The van der Waals surface area contributed by atoms with Crippen LogP contribution in [0.1, 0.15) is 25.8 Å². The van der Waals surface area contributed by atoms with Crippen LogP contribution < -0.4 is 5.32 Å². The Balaban J connectivity index is 1.69. The number of rotatable bonds is 5. The van der Waals surface area contributed by atoms with E-state index < -0.39 is 0 Å². The summed E-state index contributed by atoms with van der Waals surface area (Å²) in [6, 6.07) is 8.37. The second kappa shape index (κ2) is 7.35. The van der Waals surface area contributed by atoms with E-state index in [1.54, 1.807) is 0 Å². The van der Waals surface area contributed by atoms with E-state index in [0.29, 0.717) is 23.7 Å². The van der Waals surface area contributed by atoms with Crippen LogP contribution in [0.15, 0.2) is 28.7 Å². The van der Waals surface area contributed by atoms with Crippen molar-refractivity contribution in [3.05, 3.63) is 34.3 Å². The number of hydrogen-bond acceptors (Lipinski definition) is 2. The van der Waals surface area contributed by atoms with Crippen LogP contribution in [-0.2, 0) is 11.2 Å². The van der Waals surface area contributed by atoms with E-state index in [1.165, 1.54) is 5.56 Å². The molecule has 0 spiro atoms. The number of carbonyl (C=O) groups excluding carboxylic acids is 1. The SMILES string of the molecule is CC(C)CC(Cc1cccc(Br)c1)C(=O)N1C[C@H]2CNC[C@H]2C1. The number of halogens is 1. The van der Waals surface area contributed by atoms with Gasteiger partial charge in [-0.15, -0.1) is 0 Å². The Kier molecular flexibility index (Phi) is 5.42. The van der Waals surface area contributed by atoms with Gasteiger partial charge in [0.05, 0.1) is 0 Å². The Morgan fingerprint density at radius 3 is 2.61 bits per heavy atom. The number of amides is 1. The summed E-state index contributed by atoms with van der Waals surface area (Å²) in [5.74, 6) is 2.36. The quantitative estimate of drug-likeness (QED) is 0.851. The third-order valence-electron chi connectivity index (χ3n) is 5.18. The van der Waals surface area contributed by atoms with Crippen molar-refractivity contribution in [3.8, 4) is 0 Å². The van der Waals surface area contributed by atoms with Crippen molar-refractivity contribution in [1.82, 2.24) is 10.2 Å². The maximum atomic E-state index is 13.1. The molecule has 3 rings (SSSR count). The predicted octanol–water partition coefficient (Wildman–Crippen LogP) is 3.33. The third-order valence-corrected chi connectivity index (χ3v) is 5.67. The lowest BCUT2D eigenvalue weighted by Gasteiger charge is -2.25. The lowest BCUT2D eigenvalue weighted by Crippen LogP contribution is -2.37. The van der Waals surface area contributed by atoms with Gasteiger partial charge < -0.3 is 10.2 Å². The van der Waals surface area contributed by atoms with Gasteiger partial charge in [-0.2, -0.15) is 0 Å². The van der Waals surface area contributed by atoms with Crippen molar-refractivity contribution in [2.24, 2.45) is 23.7 Å². The zero-order valence-corrected chi connectivity index (χ0v) is 15.7. The van der Waals surface area contributed by atoms with Gasteiger partial charge in [0.25, 0.3) is 0 Å². The number of benzene rings is 1. The maximum absolute atomic E-state index is 13.1. The zero-order chi connectivity index (χ0) is 16.4. The first-order valence-electron chi connectivity index (χ1n) is 8.77. The smallest absolute Gasteiger partial charge is 0.226 e. The number of nitrogens with zero attached hydrogens (tertiary/aromatic N) is 1. The van der Waals surface area contributed by atoms with Crippen LogP contribution in [0.5, 0.6) is 0 Å². The fraction of sp³-hybridized carbons (Fsp3) is 0.632. The van der Waals surface area contributed by atoms with Crippen molar-refractivity contribution in [2.75, 3.05) is 26.2 Å². The van der Waals surface area contributed by atoms with E-state index >= 15 is 0 Å². The Hall–Kier alpha value is -0.870. The first-order valence-corrected chi connectivity index (χ1v) is 9.56. The molecule has 0 radical (unpaired) electrons. The molecular weight excluding hydrogens is 352 g/mol. The molecule has 126 valence electrons. The van der Waals surface area contributed by atoms with Crippen LogP contribution in [0, 0.1) is 23.7 Å². The highest BCUT2D eigenvalue weighted by Gasteiger charge is 2.39. The molecule has 23 heavy (non-hydrogen) atoms. The molecule has 0 saturated carbocycles. The Bertz CT molecular complexity index is 548. The van der Waals surface area contributed by atoms with Crippen molar-refractivity contribution in [2.45, 2.75) is 26.7 Å². The largest absolute Gasteiger partial charge is 0.342 e. The summed E-state index contributed by atoms with van der Waals surface area (Å²) in [5, 5.41) is 3.45. The molecular formula is C19H27BrN2O. The second-order valence-electron chi connectivity index (χ2n) is 7.58. The molecule has 3 atom stereocenters. The minimum absolute atomic E-state index is 0.107. The Labute approximate surface area is 148 Å². The van der Waals surface area contributed by atoms with Crippen molar-refractivity contribution in [3.63, 3.8) is 0 Å². The summed E-state index contributed by atoms with van der Waals surface area (Å²) in [6.45, 7) is 8.48. The molecule has 1 aromatic rings. The van der Waals surface area contributed by atoms with E-state index in [9.17, 15) is 4.79 Å². The fourth-order valence-corrected chi connectivity index (χ4v) is 4.53. The zero-order valence-electron chi connectivity index (χ0n) is 14.1. The molecule has 1 amide bonds. The molecule has 4 heteroatoms. The summed E-state index contributed by atoms with van der Waals surface area (Å²) in [7, 11) is 0. The molecule has 1 aromatic carbocycles. The second-order valence-corrected chi connectivity index (χ2v) is 8.50. The molecule has 1 N–H and O–H groups in total. The maximum Gasteiger partial charge on any atom is 0.226 e. The number of nitrogens with one attached hydrogen (secondary N) is 1. The van der Waals surface area contributed by atoms with E-state index in [-0.39, 0.29) is 5.92 Å². The number of fused-ring (bicyclic) bond motifs is 1. The average molecular weight is 379 g/mol. The minimum Gasteiger partial charge on any atom is -0.342 e. The van der Waals surface area contributed by atoms with Crippen LogP contribution in [0.2, 0.25) is 0 Å².